The van der Waals surface area contributed by atoms with Crippen LogP contribution in [0.15, 0.2) is 10.6 Å². The summed E-state index contributed by atoms with van der Waals surface area (Å²) in [6.45, 7) is 5.58. The van der Waals surface area contributed by atoms with Gasteiger partial charge in [-0.3, -0.25) is 4.98 Å². The van der Waals surface area contributed by atoms with Gasteiger partial charge in [-0.25, -0.2) is 0 Å². The van der Waals surface area contributed by atoms with Crippen molar-refractivity contribution >= 4 is 11.6 Å². The van der Waals surface area contributed by atoms with E-state index in [1.165, 1.54) is 0 Å². The second-order valence-corrected chi connectivity index (χ2v) is 6.44. The molecule has 0 radical (unpaired) electrons. The molecule has 0 spiro atoms. The molecule has 7 heteroatoms. The lowest BCUT2D eigenvalue weighted by atomic mass is 9.95. The standard InChI is InChI=1S/C17H22N6O/c1-11-9-15(14(10-18)12(2)19-11)23-7-5-13(6-8-23)16-20-17(21-24-16)22(3)4/h9,13H,5-8H2,1-4H3. The van der Waals surface area contributed by atoms with E-state index in [-0.39, 0.29) is 5.92 Å². The summed E-state index contributed by atoms with van der Waals surface area (Å²) in [6, 6.07) is 4.30. The minimum absolute atomic E-state index is 0.275. The van der Waals surface area contributed by atoms with E-state index in [0.29, 0.717) is 17.4 Å². The summed E-state index contributed by atoms with van der Waals surface area (Å²) in [6.07, 6.45) is 1.86. The van der Waals surface area contributed by atoms with Gasteiger partial charge in [0.1, 0.15) is 6.07 Å². The van der Waals surface area contributed by atoms with Crippen molar-refractivity contribution in [2.24, 2.45) is 0 Å². The number of piperidine rings is 1. The van der Waals surface area contributed by atoms with Crippen LogP contribution in [0.4, 0.5) is 11.6 Å². The number of aromatic nitrogens is 3. The second kappa shape index (κ2) is 6.48. The van der Waals surface area contributed by atoms with E-state index < -0.39 is 0 Å². The summed E-state index contributed by atoms with van der Waals surface area (Å²) < 4.78 is 5.41. The summed E-state index contributed by atoms with van der Waals surface area (Å²) >= 11 is 0. The Morgan fingerprint density at radius 1 is 1.25 bits per heavy atom. The lowest BCUT2D eigenvalue weighted by molar-refractivity contribution is 0.329. The monoisotopic (exact) mass is 326 g/mol. The molecule has 126 valence electrons. The molecule has 1 saturated heterocycles. The van der Waals surface area contributed by atoms with E-state index in [4.69, 9.17) is 4.52 Å². The third kappa shape index (κ3) is 3.04. The maximum atomic E-state index is 9.45. The van der Waals surface area contributed by atoms with Gasteiger partial charge < -0.3 is 14.3 Å². The van der Waals surface area contributed by atoms with Crippen LogP contribution in [0.25, 0.3) is 0 Å². The van der Waals surface area contributed by atoms with Gasteiger partial charge in [0.2, 0.25) is 5.89 Å². The molecule has 0 bridgehead atoms. The Balaban J connectivity index is 1.75. The molecule has 0 unspecified atom stereocenters. The Morgan fingerprint density at radius 3 is 2.54 bits per heavy atom. The molecule has 0 atom stereocenters. The van der Waals surface area contributed by atoms with Crippen LogP contribution in [-0.2, 0) is 0 Å². The lowest BCUT2D eigenvalue weighted by Crippen LogP contribution is -2.33. The van der Waals surface area contributed by atoms with E-state index in [0.717, 1.165) is 43.0 Å². The fourth-order valence-corrected chi connectivity index (χ4v) is 3.14. The number of rotatable bonds is 3. The summed E-state index contributed by atoms with van der Waals surface area (Å²) in [5, 5.41) is 13.4. The predicted octanol–water partition coefficient (Wildman–Crippen LogP) is 2.40. The molecule has 1 fully saturated rings. The molecule has 0 amide bonds. The quantitative estimate of drug-likeness (QED) is 0.856. The maximum absolute atomic E-state index is 9.45. The zero-order valence-electron chi connectivity index (χ0n) is 14.6. The van der Waals surface area contributed by atoms with Crippen LogP contribution in [0.2, 0.25) is 0 Å². The van der Waals surface area contributed by atoms with Crippen molar-refractivity contribution in [2.45, 2.75) is 32.6 Å². The topological polar surface area (TPSA) is 82.1 Å². The van der Waals surface area contributed by atoms with E-state index in [2.05, 4.69) is 26.1 Å². The second-order valence-electron chi connectivity index (χ2n) is 6.44. The Hall–Kier alpha value is -2.62. The van der Waals surface area contributed by atoms with Gasteiger partial charge >= 0.3 is 0 Å². The molecule has 0 aliphatic carbocycles. The highest BCUT2D eigenvalue weighted by atomic mass is 16.5. The van der Waals surface area contributed by atoms with Crippen molar-refractivity contribution < 1.29 is 4.52 Å². The number of hydrogen-bond donors (Lipinski definition) is 0. The van der Waals surface area contributed by atoms with Gasteiger partial charge in [0.15, 0.2) is 0 Å². The van der Waals surface area contributed by atoms with Gasteiger partial charge in [0.25, 0.3) is 5.95 Å². The first-order valence-corrected chi connectivity index (χ1v) is 8.13. The maximum Gasteiger partial charge on any atom is 0.265 e. The molecule has 0 N–H and O–H groups in total. The number of nitrogens with zero attached hydrogens (tertiary/aromatic N) is 6. The highest BCUT2D eigenvalue weighted by molar-refractivity contribution is 5.61. The molecular formula is C17H22N6O. The van der Waals surface area contributed by atoms with Gasteiger partial charge in [-0.15, -0.1) is 0 Å². The van der Waals surface area contributed by atoms with Crippen molar-refractivity contribution in [1.82, 2.24) is 15.1 Å². The summed E-state index contributed by atoms with van der Waals surface area (Å²) in [4.78, 5) is 13.0. The third-order valence-corrected chi connectivity index (χ3v) is 4.44. The normalized spacial score (nSPS) is 15.4. The van der Waals surface area contributed by atoms with E-state index in [9.17, 15) is 5.26 Å². The number of nitriles is 1. The van der Waals surface area contributed by atoms with Crippen LogP contribution in [0, 0.1) is 25.2 Å². The minimum Gasteiger partial charge on any atom is -0.370 e. The molecule has 2 aromatic rings. The fourth-order valence-electron chi connectivity index (χ4n) is 3.14. The van der Waals surface area contributed by atoms with Crippen molar-refractivity contribution in [1.29, 1.82) is 5.26 Å². The van der Waals surface area contributed by atoms with Gasteiger partial charge in [-0.2, -0.15) is 10.2 Å². The number of pyridine rings is 1. The Bertz CT molecular complexity index is 768. The molecular weight excluding hydrogens is 304 g/mol. The van der Waals surface area contributed by atoms with Crippen LogP contribution in [-0.4, -0.2) is 42.3 Å². The summed E-state index contributed by atoms with van der Waals surface area (Å²) in [5.41, 5.74) is 3.39. The first-order valence-electron chi connectivity index (χ1n) is 8.13. The largest absolute Gasteiger partial charge is 0.370 e. The predicted molar refractivity (Wildman–Crippen MR) is 91.2 cm³/mol. The smallest absolute Gasteiger partial charge is 0.265 e. The van der Waals surface area contributed by atoms with Gasteiger partial charge in [0.05, 0.1) is 16.9 Å². The van der Waals surface area contributed by atoms with Crippen LogP contribution < -0.4 is 9.80 Å². The first kappa shape index (κ1) is 16.2. The highest BCUT2D eigenvalue weighted by Crippen LogP contribution is 2.32. The number of anilines is 2. The fraction of sp³-hybridized carbons (Fsp3) is 0.529. The minimum atomic E-state index is 0.275. The average Bonchev–Trinajstić information content (AvgIpc) is 3.04. The van der Waals surface area contributed by atoms with Crippen LogP contribution in [0.3, 0.4) is 0 Å². The van der Waals surface area contributed by atoms with Gasteiger partial charge in [-0.05, 0) is 37.9 Å². The number of hydrogen-bond acceptors (Lipinski definition) is 7. The van der Waals surface area contributed by atoms with Crippen molar-refractivity contribution in [3.63, 3.8) is 0 Å². The molecule has 3 rings (SSSR count). The lowest BCUT2D eigenvalue weighted by Gasteiger charge is -2.33. The molecule has 7 nitrogen and oxygen atoms in total. The van der Waals surface area contributed by atoms with E-state index in [1.807, 2.05) is 38.9 Å². The SMILES string of the molecule is Cc1cc(N2CCC(c3nc(N(C)C)no3)CC2)c(C#N)c(C)n1. The van der Waals surface area contributed by atoms with Crippen LogP contribution in [0.1, 0.15) is 41.6 Å². The van der Waals surface area contributed by atoms with E-state index in [1.54, 1.807) is 0 Å². The van der Waals surface area contributed by atoms with Crippen LogP contribution >= 0.6 is 0 Å². The summed E-state index contributed by atoms with van der Waals surface area (Å²) in [5.74, 6) is 1.59. The van der Waals surface area contributed by atoms with Crippen molar-refractivity contribution in [3.05, 3.63) is 28.9 Å². The molecule has 1 aliphatic rings. The summed E-state index contributed by atoms with van der Waals surface area (Å²) in [7, 11) is 3.80. The molecule has 0 aromatic carbocycles. The Labute approximate surface area is 141 Å². The highest BCUT2D eigenvalue weighted by Gasteiger charge is 2.27. The molecule has 0 saturated carbocycles. The number of aryl methyl sites for hydroxylation is 2. The Morgan fingerprint density at radius 2 is 1.96 bits per heavy atom. The first-order chi connectivity index (χ1) is 11.5. The van der Waals surface area contributed by atoms with Crippen molar-refractivity contribution in [3.8, 4) is 6.07 Å². The van der Waals surface area contributed by atoms with Gasteiger partial charge in [0, 0.05) is 38.8 Å². The molecule has 1 aliphatic heterocycles. The zero-order valence-corrected chi connectivity index (χ0v) is 14.6. The molecule has 3 heterocycles. The Kier molecular flexibility index (Phi) is 4.38. The van der Waals surface area contributed by atoms with Crippen LogP contribution in [0.5, 0.6) is 0 Å². The molecule has 2 aromatic heterocycles. The van der Waals surface area contributed by atoms with E-state index >= 15 is 0 Å². The molecule has 24 heavy (non-hydrogen) atoms. The van der Waals surface area contributed by atoms with Crippen molar-refractivity contribution in [2.75, 3.05) is 37.0 Å². The average molecular weight is 326 g/mol. The zero-order chi connectivity index (χ0) is 17.3. The third-order valence-electron chi connectivity index (χ3n) is 4.44. The van der Waals surface area contributed by atoms with Gasteiger partial charge in [-0.1, -0.05) is 0 Å².